The first-order valence-electron chi connectivity index (χ1n) is 10.2. The minimum atomic E-state index is -0.423. The third-order valence-electron chi connectivity index (χ3n) is 5.28. The number of para-hydroxylation sites is 1. The van der Waals surface area contributed by atoms with Crippen molar-refractivity contribution >= 4 is 5.91 Å². The van der Waals surface area contributed by atoms with E-state index in [2.05, 4.69) is 5.10 Å². The molecule has 2 aromatic carbocycles. The van der Waals surface area contributed by atoms with Crippen molar-refractivity contribution in [2.75, 3.05) is 20.3 Å². The summed E-state index contributed by atoms with van der Waals surface area (Å²) < 4.78 is 28.9. The van der Waals surface area contributed by atoms with Crippen LogP contribution in [0.15, 0.2) is 73.2 Å². The normalized spacial score (nSPS) is 12.6. The van der Waals surface area contributed by atoms with E-state index in [1.807, 2.05) is 30.3 Å². The fourth-order valence-electron chi connectivity index (χ4n) is 3.75. The zero-order valence-corrected chi connectivity index (χ0v) is 17.4. The molecule has 3 heterocycles. The zero-order chi connectivity index (χ0) is 22.1. The Morgan fingerprint density at radius 3 is 2.59 bits per heavy atom. The van der Waals surface area contributed by atoms with Gasteiger partial charge in [-0.2, -0.15) is 5.10 Å². The number of benzene rings is 2. The van der Waals surface area contributed by atoms with Crippen LogP contribution >= 0.6 is 0 Å². The number of aromatic nitrogens is 3. The van der Waals surface area contributed by atoms with E-state index in [0.29, 0.717) is 42.6 Å². The maximum absolute atomic E-state index is 14.5. The van der Waals surface area contributed by atoms with E-state index >= 15 is 0 Å². The quantitative estimate of drug-likeness (QED) is 0.481. The average molecular weight is 432 g/mol. The molecule has 0 saturated heterocycles. The molecule has 1 aliphatic heterocycles. The van der Waals surface area contributed by atoms with E-state index in [4.69, 9.17) is 9.47 Å². The van der Waals surface area contributed by atoms with Crippen molar-refractivity contribution in [2.24, 2.45) is 0 Å². The summed E-state index contributed by atoms with van der Waals surface area (Å²) in [6.07, 6.45) is 5.07. The molecular weight excluding hydrogens is 411 g/mol. The van der Waals surface area contributed by atoms with Gasteiger partial charge in [-0.25, -0.2) is 9.07 Å². The first kappa shape index (κ1) is 19.9. The predicted molar refractivity (Wildman–Crippen MR) is 116 cm³/mol. The van der Waals surface area contributed by atoms with Crippen LogP contribution in [0.4, 0.5) is 4.39 Å². The molecule has 7 nitrogen and oxygen atoms in total. The summed E-state index contributed by atoms with van der Waals surface area (Å²) in [6, 6.07) is 15.7. The molecule has 0 radical (unpaired) electrons. The molecule has 8 heteroatoms. The van der Waals surface area contributed by atoms with Gasteiger partial charge in [-0.1, -0.05) is 18.2 Å². The van der Waals surface area contributed by atoms with Crippen LogP contribution in [0.5, 0.6) is 11.5 Å². The Labute approximate surface area is 184 Å². The number of fused-ring (bicyclic) bond motifs is 1. The lowest BCUT2D eigenvalue weighted by Crippen LogP contribution is -2.27. The highest BCUT2D eigenvalue weighted by Gasteiger charge is 2.24. The molecule has 0 bridgehead atoms. The molecule has 1 aliphatic rings. The number of hydrogen-bond acceptors (Lipinski definition) is 4. The molecule has 2 aromatic heterocycles. The molecule has 1 amide bonds. The largest absolute Gasteiger partial charge is 0.486 e. The monoisotopic (exact) mass is 432 g/mol. The molecule has 162 valence electrons. The number of nitrogens with zero attached hydrogens (tertiary/aromatic N) is 4. The summed E-state index contributed by atoms with van der Waals surface area (Å²) in [6.45, 7) is 1.39. The molecule has 5 rings (SSSR count). The lowest BCUT2D eigenvalue weighted by atomic mass is 10.1. The van der Waals surface area contributed by atoms with Crippen LogP contribution in [0.1, 0.15) is 15.9 Å². The number of carbonyl (C=O) groups excluding carboxylic acids is 1. The second-order valence-corrected chi connectivity index (χ2v) is 7.47. The number of hydrogen-bond donors (Lipinski definition) is 0. The van der Waals surface area contributed by atoms with Crippen molar-refractivity contribution in [1.29, 1.82) is 0 Å². The molecule has 0 spiro atoms. The van der Waals surface area contributed by atoms with Crippen LogP contribution in [0, 0.1) is 5.82 Å². The Kier molecular flexibility index (Phi) is 5.10. The number of ether oxygens (including phenoxy) is 2. The van der Waals surface area contributed by atoms with E-state index in [1.165, 1.54) is 16.9 Å². The van der Waals surface area contributed by atoms with Crippen LogP contribution < -0.4 is 9.47 Å². The van der Waals surface area contributed by atoms with E-state index in [1.54, 1.807) is 47.1 Å². The van der Waals surface area contributed by atoms with Crippen LogP contribution in [0.2, 0.25) is 0 Å². The SMILES string of the molecule is CN(Cc1ccc2c(c1)OCCO2)C(=O)c1cnn(-c2ccccc2F)c1-n1cccc1. The first-order chi connectivity index (χ1) is 15.6. The molecular formula is C24H21FN4O3. The third-order valence-corrected chi connectivity index (χ3v) is 5.28. The fraction of sp³-hybridized carbons (Fsp3) is 0.167. The Balaban J connectivity index is 1.48. The van der Waals surface area contributed by atoms with Gasteiger partial charge in [0.15, 0.2) is 17.3 Å². The summed E-state index contributed by atoms with van der Waals surface area (Å²) >= 11 is 0. The summed E-state index contributed by atoms with van der Waals surface area (Å²) in [4.78, 5) is 15.0. The summed E-state index contributed by atoms with van der Waals surface area (Å²) in [5, 5.41) is 4.34. The van der Waals surface area contributed by atoms with Crippen LogP contribution in [0.25, 0.3) is 11.5 Å². The topological polar surface area (TPSA) is 61.5 Å². The van der Waals surface area contributed by atoms with Gasteiger partial charge in [0.1, 0.15) is 30.3 Å². The van der Waals surface area contributed by atoms with Gasteiger partial charge >= 0.3 is 0 Å². The standard InChI is InChI=1S/C24H21FN4O3/c1-27(16-17-8-9-21-22(14-17)32-13-12-31-21)24(30)18-15-26-29(20-7-3-2-6-19(20)25)23(18)28-10-4-5-11-28/h2-11,14-15H,12-13,16H2,1H3. The number of carbonyl (C=O) groups is 1. The average Bonchev–Trinajstić information content (AvgIpc) is 3.48. The highest BCUT2D eigenvalue weighted by atomic mass is 19.1. The van der Waals surface area contributed by atoms with Gasteiger partial charge in [0.05, 0.1) is 6.20 Å². The van der Waals surface area contributed by atoms with Crippen molar-refractivity contribution in [1.82, 2.24) is 19.2 Å². The van der Waals surface area contributed by atoms with Gasteiger partial charge in [-0.3, -0.25) is 4.79 Å². The minimum absolute atomic E-state index is 0.230. The van der Waals surface area contributed by atoms with E-state index in [-0.39, 0.29) is 11.6 Å². The van der Waals surface area contributed by atoms with E-state index in [9.17, 15) is 9.18 Å². The maximum Gasteiger partial charge on any atom is 0.259 e. The Hall–Kier alpha value is -4.07. The van der Waals surface area contributed by atoms with Crippen molar-refractivity contribution in [3.63, 3.8) is 0 Å². The maximum atomic E-state index is 14.5. The first-order valence-corrected chi connectivity index (χ1v) is 10.2. The Morgan fingerprint density at radius 1 is 1.06 bits per heavy atom. The van der Waals surface area contributed by atoms with Crippen LogP contribution in [-0.2, 0) is 6.54 Å². The second-order valence-electron chi connectivity index (χ2n) is 7.47. The third kappa shape index (κ3) is 3.60. The van der Waals surface area contributed by atoms with Gasteiger partial charge in [-0.05, 0) is 42.0 Å². The lowest BCUT2D eigenvalue weighted by Gasteiger charge is -2.21. The molecule has 0 saturated carbocycles. The zero-order valence-electron chi connectivity index (χ0n) is 17.4. The Morgan fingerprint density at radius 2 is 1.81 bits per heavy atom. The van der Waals surface area contributed by atoms with Gasteiger partial charge in [0.25, 0.3) is 5.91 Å². The van der Waals surface area contributed by atoms with Gasteiger partial charge < -0.3 is 18.9 Å². The van der Waals surface area contributed by atoms with Crippen molar-refractivity contribution in [3.05, 3.63) is 90.1 Å². The Bertz CT molecular complexity index is 1270. The fourth-order valence-corrected chi connectivity index (χ4v) is 3.75. The number of amides is 1. The minimum Gasteiger partial charge on any atom is -0.486 e. The van der Waals surface area contributed by atoms with Crippen molar-refractivity contribution in [2.45, 2.75) is 6.54 Å². The van der Waals surface area contributed by atoms with Crippen LogP contribution in [-0.4, -0.2) is 45.4 Å². The summed E-state index contributed by atoms with van der Waals surface area (Å²) in [5.74, 6) is 1.20. The molecule has 4 aromatic rings. The summed E-state index contributed by atoms with van der Waals surface area (Å²) in [5.41, 5.74) is 1.54. The molecule has 0 N–H and O–H groups in total. The molecule has 0 atom stereocenters. The van der Waals surface area contributed by atoms with E-state index in [0.717, 1.165) is 5.56 Å². The summed E-state index contributed by atoms with van der Waals surface area (Å²) in [7, 11) is 1.72. The molecule has 0 unspecified atom stereocenters. The van der Waals surface area contributed by atoms with Crippen LogP contribution in [0.3, 0.4) is 0 Å². The highest BCUT2D eigenvalue weighted by molar-refractivity contribution is 5.97. The molecule has 32 heavy (non-hydrogen) atoms. The smallest absolute Gasteiger partial charge is 0.259 e. The van der Waals surface area contributed by atoms with E-state index < -0.39 is 5.82 Å². The highest BCUT2D eigenvalue weighted by Crippen LogP contribution is 2.31. The molecule has 0 aliphatic carbocycles. The van der Waals surface area contributed by atoms with Gasteiger partial charge in [-0.15, -0.1) is 0 Å². The van der Waals surface area contributed by atoms with Gasteiger partial charge in [0, 0.05) is 26.0 Å². The van der Waals surface area contributed by atoms with Crippen molar-refractivity contribution in [3.8, 4) is 23.0 Å². The predicted octanol–water partition coefficient (Wildman–Crippen LogP) is 3.85. The second kappa shape index (κ2) is 8.22. The molecule has 0 fully saturated rings. The number of rotatable bonds is 5. The lowest BCUT2D eigenvalue weighted by molar-refractivity contribution is 0.0784. The van der Waals surface area contributed by atoms with Gasteiger partial charge in [0.2, 0.25) is 0 Å². The number of halogens is 1. The van der Waals surface area contributed by atoms with Crippen molar-refractivity contribution < 1.29 is 18.7 Å².